The highest BCUT2D eigenvalue weighted by atomic mass is 32.2. The number of aryl methyl sites for hydroxylation is 1. The standard InChI is InChI=1S/C12H14N4O2S/c1-8-3-4-11(13)12(9(8)2)19(17,18)16-10-5-14-7-15-6-10/h3-7,16H,13H2,1-2H3. The van der Waals surface area contributed by atoms with E-state index in [-0.39, 0.29) is 10.6 Å². The van der Waals surface area contributed by atoms with Crippen LogP contribution in [0, 0.1) is 13.8 Å². The molecule has 6 nitrogen and oxygen atoms in total. The van der Waals surface area contributed by atoms with Crippen molar-refractivity contribution in [2.45, 2.75) is 18.7 Å². The van der Waals surface area contributed by atoms with Crippen LogP contribution >= 0.6 is 0 Å². The lowest BCUT2D eigenvalue weighted by atomic mass is 10.1. The average Bonchev–Trinajstić information content (AvgIpc) is 2.35. The van der Waals surface area contributed by atoms with Crippen LogP contribution in [0.1, 0.15) is 11.1 Å². The van der Waals surface area contributed by atoms with Gasteiger partial charge in [-0.1, -0.05) is 6.07 Å². The van der Waals surface area contributed by atoms with Gasteiger partial charge in [0.05, 0.1) is 23.8 Å². The van der Waals surface area contributed by atoms with Crippen molar-refractivity contribution in [3.8, 4) is 0 Å². The largest absolute Gasteiger partial charge is 0.398 e. The number of sulfonamides is 1. The van der Waals surface area contributed by atoms with Crippen molar-refractivity contribution in [1.82, 2.24) is 9.97 Å². The Morgan fingerprint density at radius 2 is 1.79 bits per heavy atom. The van der Waals surface area contributed by atoms with Crippen LogP contribution in [0.2, 0.25) is 0 Å². The van der Waals surface area contributed by atoms with E-state index in [1.807, 2.05) is 6.92 Å². The van der Waals surface area contributed by atoms with E-state index < -0.39 is 10.0 Å². The van der Waals surface area contributed by atoms with Gasteiger partial charge >= 0.3 is 0 Å². The van der Waals surface area contributed by atoms with Crippen LogP contribution in [-0.4, -0.2) is 18.4 Å². The van der Waals surface area contributed by atoms with Crippen LogP contribution < -0.4 is 10.5 Å². The number of anilines is 2. The summed E-state index contributed by atoms with van der Waals surface area (Å²) in [6.45, 7) is 3.56. The maximum atomic E-state index is 12.3. The third-order valence-electron chi connectivity index (χ3n) is 2.79. The molecule has 100 valence electrons. The summed E-state index contributed by atoms with van der Waals surface area (Å²) < 4.78 is 27.1. The van der Waals surface area contributed by atoms with E-state index >= 15 is 0 Å². The molecular weight excluding hydrogens is 264 g/mol. The van der Waals surface area contributed by atoms with Crippen molar-refractivity contribution in [1.29, 1.82) is 0 Å². The van der Waals surface area contributed by atoms with Crippen LogP contribution in [0.5, 0.6) is 0 Å². The summed E-state index contributed by atoms with van der Waals surface area (Å²) >= 11 is 0. The summed E-state index contributed by atoms with van der Waals surface area (Å²) in [6, 6.07) is 3.37. The zero-order chi connectivity index (χ0) is 14.0. The van der Waals surface area contributed by atoms with Crippen LogP contribution in [0.25, 0.3) is 0 Å². The lowest BCUT2D eigenvalue weighted by Crippen LogP contribution is -2.17. The number of nitrogens with two attached hydrogens (primary N) is 1. The van der Waals surface area contributed by atoms with Gasteiger partial charge in [-0.2, -0.15) is 0 Å². The van der Waals surface area contributed by atoms with Crippen molar-refractivity contribution in [3.63, 3.8) is 0 Å². The second-order valence-corrected chi connectivity index (χ2v) is 5.78. The van der Waals surface area contributed by atoms with Crippen LogP contribution in [0.4, 0.5) is 11.4 Å². The Kier molecular flexibility index (Phi) is 3.39. The second kappa shape index (κ2) is 4.85. The van der Waals surface area contributed by atoms with Crippen molar-refractivity contribution >= 4 is 21.4 Å². The molecule has 0 saturated heterocycles. The predicted octanol–water partition coefficient (Wildman–Crippen LogP) is 1.48. The zero-order valence-electron chi connectivity index (χ0n) is 10.6. The molecule has 0 amide bonds. The molecule has 0 radical (unpaired) electrons. The van der Waals surface area contributed by atoms with E-state index in [0.717, 1.165) is 5.56 Å². The minimum atomic E-state index is -3.75. The number of hydrogen-bond acceptors (Lipinski definition) is 5. The van der Waals surface area contributed by atoms with E-state index in [1.165, 1.54) is 18.7 Å². The molecule has 1 aromatic heterocycles. The van der Waals surface area contributed by atoms with Crippen LogP contribution in [0.3, 0.4) is 0 Å². The van der Waals surface area contributed by atoms with Gasteiger partial charge in [0.2, 0.25) is 0 Å². The molecular formula is C12H14N4O2S. The first-order valence-electron chi connectivity index (χ1n) is 5.55. The summed E-state index contributed by atoms with van der Waals surface area (Å²) in [5.74, 6) is 0. The Morgan fingerprint density at radius 3 is 2.42 bits per heavy atom. The fourth-order valence-electron chi connectivity index (χ4n) is 1.73. The van der Waals surface area contributed by atoms with Gasteiger partial charge in [0.15, 0.2) is 0 Å². The molecule has 3 N–H and O–H groups in total. The van der Waals surface area contributed by atoms with E-state index in [1.54, 1.807) is 19.1 Å². The lowest BCUT2D eigenvalue weighted by molar-refractivity contribution is 0.601. The summed E-state index contributed by atoms with van der Waals surface area (Å²) in [4.78, 5) is 7.61. The van der Waals surface area contributed by atoms with E-state index in [4.69, 9.17) is 5.73 Å². The third-order valence-corrected chi connectivity index (χ3v) is 4.37. The highest BCUT2D eigenvalue weighted by molar-refractivity contribution is 7.93. The number of hydrogen-bond donors (Lipinski definition) is 2. The highest BCUT2D eigenvalue weighted by Gasteiger charge is 2.21. The number of rotatable bonds is 3. The van der Waals surface area contributed by atoms with Gasteiger partial charge in [0.25, 0.3) is 10.0 Å². The molecule has 0 fully saturated rings. The van der Waals surface area contributed by atoms with Crippen LogP contribution in [0.15, 0.2) is 35.7 Å². The Balaban J connectivity index is 2.49. The maximum absolute atomic E-state index is 12.3. The third kappa shape index (κ3) is 2.65. The van der Waals surface area contributed by atoms with Gasteiger partial charge in [0.1, 0.15) is 11.2 Å². The molecule has 0 atom stereocenters. The van der Waals surface area contributed by atoms with Crippen LogP contribution in [-0.2, 0) is 10.0 Å². The molecule has 0 aliphatic carbocycles. The Bertz CT molecular complexity index is 699. The molecule has 0 aliphatic heterocycles. The molecule has 0 unspecified atom stereocenters. The maximum Gasteiger partial charge on any atom is 0.264 e. The van der Waals surface area contributed by atoms with Gasteiger partial charge in [-0.15, -0.1) is 0 Å². The molecule has 0 bridgehead atoms. The zero-order valence-corrected chi connectivity index (χ0v) is 11.4. The average molecular weight is 278 g/mol. The van der Waals surface area contributed by atoms with Gasteiger partial charge < -0.3 is 5.73 Å². The fraction of sp³-hybridized carbons (Fsp3) is 0.167. The minimum Gasteiger partial charge on any atom is -0.398 e. The molecule has 0 aliphatic rings. The molecule has 2 rings (SSSR count). The molecule has 2 aromatic rings. The van der Waals surface area contributed by atoms with Gasteiger partial charge in [-0.25, -0.2) is 18.4 Å². The summed E-state index contributed by atoms with van der Waals surface area (Å²) in [7, 11) is -3.75. The topological polar surface area (TPSA) is 98.0 Å². The van der Waals surface area contributed by atoms with E-state index in [2.05, 4.69) is 14.7 Å². The van der Waals surface area contributed by atoms with Crippen molar-refractivity contribution < 1.29 is 8.42 Å². The van der Waals surface area contributed by atoms with E-state index in [9.17, 15) is 8.42 Å². The van der Waals surface area contributed by atoms with E-state index in [0.29, 0.717) is 11.3 Å². The van der Waals surface area contributed by atoms with Crippen molar-refractivity contribution in [3.05, 3.63) is 42.0 Å². The predicted molar refractivity (Wildman–Crippen MR) is 73.2 cm³/mol. The Labute approximate surface area is 111 Å². The fourth-order valence-corrected chi connectivity index (χ4v) is 3.19. The Morgan fingerprint density at radius 1 is 1.16 bits per heavy atom. The number of aromatic nitrogens is 2. The highest BCUT2D eigenvalue weighted by Crippen LogP contribution is 2.26. The molecule has 7 heteroatoms. The molecule has 19 heavy (non-hydrogen) atoms. The van der Waals surface area contributed by atoms with Gasteiger partial charge in [-0.3, -0.25) is 4.72 Å². The number of nitrogens with zero attached hydrogens (tertiary/aromatic N) is 2. The number of benzene rings is 1. The SMILES string of the molecule is Cc1ccc(N)c(S(=O)(=O)Nc2cncnc2)c1C. The first-order valence-corrected chi connectivity index (χ1v) is 7.03. The smallest absolute Gasteiger partial charge is 0.264 e. The first-order chi connectivity index (χ1) is 8.92. The minimum absolute atomic E-state index is 0.0938. The van der Waals surface area contributed by atoms with Gasteiger partial charge in [0, 0.05) is 0 Å². The number of nitrogen functional groups attached to an aromatic ring is 1. The molecule has 0 spiro atoms. The normalized spacial score (nSPS) is 11.3. The molecule has 1 heterocycles. The van der Waals surface area contributed by atoms with Gasteiger partial charge in [-0.05, 0) is 31.0 Å². The summed E-state index contributed by atoms with van der Waals surface area (Å²) in [5, 5.41) is 0. The summed E-state index contributed by atoms with van der Waals surface area (Å²) in [6.07, 6.45) is 4.09. The monoisotopic (exact) mass is 278 g/mol. The molecule has 0 saturated carbocycles. The summed E-state index contributed by atoms with van der Waals surface area (Å²) in [5.41, 5.74) is 7.78. The number of nitrogens with one attached hydrogen (secondary N) is 1. The molecule has 1 aromatic carbocycles. The lowest BCUT2D eigenvalue weighted by Gasteiger charge is -2.13. The van der Waals surface area contributed by atoms with Crippen molar-refractivity contribution in [2.24, 2.45) is 0 Å². The first kappa shape index (κ1) is 13.3. The van der Waals surface area contributed by atoms with Crippen molar-refractivity contribution in [2.75, 3.05) is 10.5 Å². The quantitative estimate of drug-likeness (QED) is 0.829. The second-order valence-electron chi connectivity index (χ2n) is 4.16. The Hall–Kier alpha value is -2.15.